The molecule has 2 aliphatic carbocycles. The number of nitrogens with zero attached hydrogens (tertiary/aromatic N) is 2. The van der Waals surface area contributed by atoms with Gasteiger partial charge in [0.05, 0.1) is 20.8 Å². The minimum absolute atomic E-state index is 0.138. The molecule has 0 radical (unpaired) electrons. The Morgan fingerprint density at radius 3 is 1.50 bits per heavy atom. The van der Waals surface area contributed by atoms with Gasteiger partial charge in [-0.2, -0.15) is 9.97 Å². The number of nitrogens with one attached hydrogen (secondary N) is 2. The van der Waals surface area contributed by atoms with Crippen molar-refractivity contribution in [2.24, 2.45) is 0 Å². The first-order valence-corrected chi connectivity index (χ1v) is 16.9. The van der Waals surface area contributed by atoms with Gasteiger partial charge in [-0.05, 0) is 91.5 Å². The molecule has 0 unspecified atom stereocenters. The van der Waals surface area contributed by atoms with Gasteiger partial charge in [0, 0.05) is 47.4 Å². The maximum atomic E-state index is 9.61. The highest BCUT2D eigenvalue weighted by atomic mass is 16.5. The molecule has 0 saturated heterocycles. The van der Waals surface area contributed by atoms with Crippen LogP contribution in [0.2, 0.25) is 0 Å². The standard InChI is InChI=1S/C39H48N4O5/c1-6-38(17-18-38)40-21-28-13-15-34(42-36(28)45-4)47-23-30-9-7-11-32(26(30)2)33-12-8-10-31(27(33)3)24-48-35-16-14-29(37(43-35)46-5)22-41-39(25-44)19-20-39/h7-16,40-41,44H,6,17-25H2,1-5H3. The molecule has 0 aliphatic heterocycles. The highest BCUT2D eigenvalue weighted by Gasteiger charge is 2.41. The van der Waals surface area contributed by atoms with E-state index in [-0.39, 0.29) is 17.7 Å². The van der Waals surface area contributed by atoms with Crippen LogP contribution in [-0.2, 0) is 26.3 Å². The fourth-order valence-electron chi connectivity index (χ4n) is 6.17. The van der Waals surface area contributed by atoms with Crippen molar-refractivity contribution >= 4 is 0 Å². The molecule has 2 aromatic heterocycles. The highest BCUT2D eigenvalue weighted by Crippen LogP contribution is 2.39. The van der Waals surface area contributed by atoms with Crippen LogP contribution in [0.15, 0.2) is 60.7 Å². The van der Waals surface area contributed by atoms with E-state index in [1.54, 1.807) is 14.2 Å². The maximum absolute atomic E-state index is 9.61. The van der Waals surface area contributed by atoms with Crippen molar-refractivity contribution in [1.82, 2.24) is 20.6 Å². The number of aliphatic hydroxyl groups is 1. The second-order valence-electron chi connectivity index (χ2n) is 13.2. The summed E-state index contributed by atoms with van der Waals surface area (Å²) in [6.45, 7) is 8.73. The van der Waals surface area contributed by atoms with Crippen LogP contribution in [0.4, 0.5) is 0 Å². The van der Waals surface area contributed by atoms with Gasteiger partial charge in [0.25, 0.3) is 0 Å². The Bertz CT molecular complexity index is 1610. The van der Waals surface area contributed by atoms with Crippen molar-refractivity contribution < 1.29 is 24.1 Å². The summed E-state index contributed by atoms with van der Waals surface area (Å²) < 4.78 is 23.5. The lowest BCUT2D eigenvalue weighted by atomic mass is 9.92. The number of aromatic nitrogens is 2. The Labute approximate surface area is 284 Å². The first-order chi connectivity index (χ1) is 23.3. The maximum Gasteiger partial charge on any atom is 0.220 e. The van der Waals surface area contributed by atoms with Gasteiger partial charge < -0.3 is 34.7 Å². The summed E-state index contributed by atoms with van der Waals surface area (Å²) in [5.74, 6) is 2.16. The Balaban J connectivity index is 1.10. The minimum Gasteiger partial charge on any atom is -0.481 e. The predicted molar refractivity (Wildman–Crippen MR) is 187 cm³/mol. The Morgan fingerprint density at radius 1 is 0.646 bits per heavy atom. The summed E-state index contributed by atoms with van der Waals surface area (Å²) in [5.41, 5.74) is 8.88. The number of methoxy groups -OCH3 is 2. The Hall–Kier alpha value is -4.18. The van der Waals surface area contributed by atoms with Gasteiger partial charge in [0.15, 0.2) is 0 Å². The van der Waals surface area contributed by atoms with E-state index in [0.717, 1.165) is 70.3 Å². The van der Waals surface area contributed by atoms with Crippen LogP contribution in [0.5, 0.6) is 23.5 Å². The fraction of sp³-hybridized carbons (Fsp3) is 0.436. The molecule has 0 atom stereocenters. The van der Waals surface area contributed by atoms with E-state index in [4.69, 9.17) is 18.9 Å². The molecular weight excluding hydrogens is 604 g/mol. The topological polar surface area (TPSA) is 107 Å². The minimum atomic E-state index is -0.156. The molecule has 2 fully saturated rings. The SMILES string of the molecule is CCC1(NCc2ccc(OCc3cccc(-c4cccc(COc5ccc(CNC6(CO)CC6)c(OC)n5)c4C)c3C)nc2OC)CC1. The van der Waals surface area contributed by atoms with Crippen molar-refractivity contribution in [2.75, 3.05) is 20.8 Å². The van der Waals surface area contributed by atoms with Crippen LogP contribution >= 0.6 is 0 Å². The number of hydrogen-bond acceptors (Lipinski definition) is 9. The Morgan fingerprint density at radius 2 is 1.10 bits per heavy atom. The van der Waals surface area contributed by atoms with Crippen molar-refractivity contribution in [3.8, 4) is 34.6 Å². The smallest absolute Gasteiger partial charge is 0.220 e. The summed E-state index contributed by atoms with van der Waals surface area (Å²) in [6, 6.07) is 20.4. The number of pyridine rings is 2. The van der Waals surface area contributed by atoms with Crippen molar-refractivity contribution in [2.45, 2.75) is 90.3 Å². The molecule has 2 heterocycles. The fourth-order valence-corrected chi connectivity index (χ4v) is 6.17. The zero-order valence-corrected chi connectivity index (χ0v) is 28.8. The average molecular weight is 653 g/mol. The molecule has 2 saturated carbocycles. The second kappa shape index (κ2) is 14.5. The van der Waals surface area contributed by atoms with Crippen LogP contribution in [-0.4, -0.2) is 47.0 Å². The van der Waals surface area contributed by atoms with E-state index in [2.05, 4.69) is 77.8 Å². The van der Waals surface area contributed by atoms with E-state index >= 15 is 0 Å². The molecule has 254 valence electrons. The largest absolute Gasteiger partial charge is 0.481 e. The molecule has 2 aromatic carbocycles. The van der Waals surface area contributed by atoms with Crippen molar-refractivity contribution in [1.29, 1.82) is 0 Å². The molecule has 2 aliphatic rings. The van der Waals surface area contributed by atoms with Gasteiger partial charge >= 0.3 is 0 Å². The van der Waals surface area contributed by atoms with Crippen LogP contribution in [0.25, 0.3) is 11.1 Å². The van der Waals surface area contributed by atoms with E-state index in [9.17, 15) is 5.11 Å². The third-order valence-electron chi connectivity index (χ3n) is 10.1. The number of hydrogen-bond donors (Lipinski definition) is 3. The molecule has 0 spiro atoms. The summed E-state index contributed by atoms with van der Waals surface area (Å²) in [7, 11) is 3.27. The number of ether oxygens (including phenoxy) is 4. The second-order valence-corrected chi connectivity index (χ2v) is 13.2. The van der Waals surface area contributed by atoms with Crippen LogP contribution in [0, 0.1) is 13.8 Å². The normalized spacial score (nSPS) is 15.5. The summed E-state index contributed by atoms with van der Waals surface area (Å²) >= 11 is 0. The Kier molecular flexibility index (Phi) is 10.2. The molecule has 9 nitrogen and oxygen atoms in total. The summed E-state index contributed by atoms with van der Waals surface area (Å²) in [6.07, 6.45) is 5.55. The van der Waals surface area contributed by atoms with E-state index < -0.39 is 0 Å². The molecule has 6 rings (SSSR count). The van der Waals surface area contributed by atoms with Crippen LogP contribution in [0.3, 0.4) is 0 Å². The van der Waals surface area contributed by atoms with Crippen LogP contribution < -0.4 is 29.6 Å². The lowest BCUT2D eigenvalue weighted by Crippen LogP contribution is -2.34. The number of benzene rings is 2. The van der Waals surface area contributed by atoms with Gasteiger partial charge in [0.2, 0.25) is 23.5 Å². The van der Waals surface area contributed by atoms with Crippen LogP contribution in [0.1, 0.15) is 72.4 Å². The van der Waals surface area contributed by atoms with Crippen molar-refractivity contribution in [3.05, 3.63) is 94.0 Å². The zero-order chi connectivity index (χ0) is 33.7. The first-order valence-electron chi connectivity index (χ1n) is 16.9. The molecule has 0 amide bonds. The quantitative estimate of drug-likeness (QED) is 0.117. The van der Waals surface area contributed by atoms with E-state index in [1.807, 2.05) is 24.3 Å². The molecule has 48 heavy (non-hydrogen) atoms. The summed E-state index contributed by atoms with van der Waals surface area (Å²) in [4.78, 5) is 9.25. The third-order valence-corrected chi connectivity index (χ3v) is 10.1. The molecule has 9 heteroatoms. The van der Waals surface area contributed by atoms with Gasteiger partial charge in [-0.25, -0.2) is 0 Å². The van der Waals surface area contributed by atoms with E-state index in [0.29, 0.717) is 43.3 Å². The molecular formula is C39H48N4O5. The lowest BCUT2D eigenvalue weighted by molar-refractivity contribution is 0.229. The third kappa shape index (κ3) is 7.59. The highest BCUT2D eigenvalue weighted by molar-refractivity contribution is 5.72. The molecule has 3 N–H and O–H groups in total. The van der Waals surface area contributed by atoms with Gasteiger partial charge in [-0.15, -0.1) is 0 Å². The van der Waals surface area contributed by atoms with Gasteiger partial charge in [-0.1, -0.05) is 43.3 Å². The van der Waals surface area contributed by atoms with Gasteiger partial charge in [0.1, 0.15) is 13.2 Å². The molecule has 4 aromatic rings. The van der Waals surface area contributed by atoms with Gasteiger partial charge in [-0.3, -0.25) is 0 Å². The van der Waals surface area contributed by atoms with E-state index in [1.165, 1.54) is 12.8 Å². The lowest BCUT2D eigenvalue weighted by Gasteiger charge is -2.18. The zero-order valence-electron chi connectivity index (χ0n) is 28.8. The number of rotatable bonds is 17. The molecule has 0 bridgehead atoms. The van der Waals surface area contributed by atoms with Crippen molar-refractivity contribution in [3.63, 3.8) is 0 Å². The summed E-state index contributed by atoms with van der Waals surface area (Å²) in [5, 5.41) is 16.7. The number of aliphatic hydroxyl groups excluding tert-OH is 1. The average Bonchev–Trinajstić information content (AvgIpc) is 4.06. The predicted octanol–water partition coefficient (Wildman–Crippen LogP) is 6.58. The monoisotopic (exact) mass is 652 g/mol. The first kappa shape index (κ1) is 33.7.